The van der Waals surface area contributed by atoms with Gasteiger partial charge in [0.05, 0.1) is 7.11 Å². The first-order valence-corrected chi connectivity index (χ1v) is 7.11. The molecule has 2 atom stereocenters. The highest BCUT2D eigenvalue weighted by molar-refractivity contribution is 5.81. The SMILES string of the molecule is CNC1(C(=O)OC)CCCC1CCN(C)C1CC1. The van der Waals surface area contributed by atoms with Gasteiger partial charge in [-0.2, -0.15) is 0 Å². The minimum Gasteiger partial charge on any atom is -0.468 e. The minimum absolute atomic E-state index is 0.0819. The average molecular weight is 254 g/mol. The average Bonchev–Trinajstić information content (AvgIpc) is 3.16. The Morgan fingerprint density at radius 3 is 2.72 bits per heavy atom. The zero-order valence-corrected chi connectivity index (χ0v) is 11.9. The summed E-state index contributed by atoms with van der Waals surface area (Å²) in [5.41, 5.74) is -0.431. The van der Waals surface area contributed by atoms with Crippen molar-refractivity contribution in [1.82, 2.24) is 10.2 Å². The van der Waals surface area contributed by atoms with Gasteiger partial charge in [-0.3, -0.25) is 4.79 Å². The van der Waals surface area contributed by atoms with E-state index in [0.29, 0.717) is 5.92 Å². The van der Waals surface area contributed by atoms with Crippen LogP contribution in [-0.2, 0) is 9.53 Å². The van der Waals surface area contributed by atoms with Gasteiger partial charge < -0.3 is 15.0 Å². The molecule has 0 heterocycles. The fourth-order valence-corrected chi connectivity index (χ4v) is 3.41. The van der Waals surface area contributed by atoms with Crippen molar-refractivity contribution in [1.29, 1.82) is 0 Å². The van der Waals surface area contributed by atoms with E-state index in [2.05, 4.69) is 17.3 Å². The van der Waals surface area contributed by atoms with E-state index < -0.39 is 5.54 Å². The van der Waals surface area contributed by atoms with Crippen molar-refractivity contribution in [2.45, 2.75) is 50.1 Å². The number of likely N-dealkylation sites (N-methyl/N-ethyl adjacent to an activating group) is 1. The molecule has 2 aliphatic rings. The molecular formula is C14H26N2O2. The van der Waals surface area contributed by atoms with Crippen LogP contribution in [0.5, 0.6) is 0 Å². The Hall–Kier alpha value is -0.610. The number of carbonyl (C=O) groups is 1. The summed E-state index contributed by atoms with van der Waals surface area (Å²) >= 11 is 0. The molecule has 1 N–H and O–H groups in total. The maximum absolute atomic E-state index is 12.1. The van der Waals surface area contributed by atoms with Gasteiger partial charge in [0.1, 0.15) is 5.54 Å². The highest BCUT2D eigenvalue weighted by Gasteiger charge is 2.48. The largest absolute Gasteiger partial charge is 0.468 e. The summed E-state index contributed by atoms with van der Waals surface area (Å²) in [7, 11) is 5.58. The van der Waals surface area contributed by atoms with Crippen LogP contribution in [0.1, 0.15) is 38.5 Å². The van der Waals surface area contributed by atoms with Gasteiger partial charge in [0.15, 0.2) is 0 Å². The molecular weight excluding hydrogens is 228 g/mol. The standard InChI is InChI=1S/C14H26N2O2/c1-15-14(13(17)18-3)9-4-5-11(14)8-10-16(2)12-6-7-12/h11-12,15H,4-10H2,1-3H3. The van der Waals surface area contributed by atoms with E-state index >= 15 is 0 Å². The van der Waals surface area contributed by atoms with Gasteiger partial charge in [-0.1, -0.05) is 6.42 Å². The van der Waals surface area contributed by atoms with Crippen LogP contribution in [0.4, 0.5) is 0 Å². The quantitative estimate of drug-likeness (QED) is 0.728. The van der Waals surface area contributed by atoms with E-state index in [9.17, 15) is 4.79 Å². The Morgan fingerprint density at radius 1 is 1.44 bits per heavy atom. The van der Waals surface area contributed by atoms with E-state index in [1.807, 2.05) is 7.05 Å². The van der Waals surface area contributed by atoms with Gasteiger partial charge in [-0.05, 0) is 58.7 Å². The Balaban J connectivity index is 1.94. The van der Waals surface area contributed by atoms with Crippen molar-refractivity contribution in [3.8, 4) is 0 Å². The summed E-state index contributed by atoms with van der Waals surface area (Å²) < 4.78 is 5.01. The monoisotopic (exact) mass is 254 g/mol. The summed E-state index contributed by atoms with van der Waals surface area (Å²) in [6, 6.07) is 0.800. The summed E-state index contributed by atoms with van der Waals surface area (Å²) in [4.78, 5) is 14.5. The summed E-state index contributed by atoms with van der Waals surface area (Å²) in [6.07, 6.45) is 6.93. The van der Waals surface area contributed by atoms with Gasteiger partial charge in [0.2, 0.25) is 0 Å². The Kier molecular flexibility index (Phi) is 4.28. The lowest BCUT2D eigenvalue weighted by atomic mass is 9.84. The maximum Gasteiger partial charge on any atom is 0.326 e. The number of ether oxygens (including phenoxy) is 1. The van der Waals surface area contributed by atoms with Gasteiger partial charge >= 0.3 is 5.97 Å². The van der Waals surface area contributed by atoms with Gasteiger partial charge in [0, 0.05) is 6.04 Å². The number of hydrogen-bond acceptors (Lipinski definition) is 4. The second kappa shape index (κ2) is 5.57. The lowest BCUT2D eigenvalue weighted by Crippen LogP contribution is -2.54. The fourth-order valence-electron chi connectivity index (χ4n) is 3.41. The third kappa shape index (κ3) is 2.54. The van der Waals surface area contributed by atoms with Crippen LogP contribution in [0.2, 0.25) is 0 Å². The second-order valence-corrected chi connectivity index (χ2v) is 5.80. The van der Waals surface area contributed by atoms with Crippen LogP contribution in [0.15, 0.2) is 0 Å². The van der Waals surface area contributed by atoms with Crippen molar-refractivity contribution in [3.05, 3.63) is 0 Å². The van der Waals surface area contributed by atoms with Crippen LogP contribution < -0.4 is 5.32 Å². The number of carbonyl (C=O) groups excluding carboxylic acids is 1. The third-order valence-electron chi connectivity index (χ3n) is 4.82. The Morgan fingerprint density at radius 2 is 2.17 bits per heavy atom. The molecule has 2 rings (SSSR count). The number of hydrogen-bond donors (Lipinski definition) is 1. The van der Waals surface area contributed by atoms with Gasteiger partial charge in [-0.15, -0.1) is 0 Å². The predicted molar refractivity (Wildman–Crippen MR) is 71.4 cm³/mol. The Bertz CT molecular complexity index is 304. The zero-order valence-electron chi connectivity index (χ0n) is 11.9. The van der Waals surface area contributed by atoms with E-state index in [-0.39, 0.29) is 5.97 Å². The highest BCUT2D eigenvalue weighted by atomic mass is 16.5. The van der Waals surface area contributed by atoms with E-state index in [1.165, 1.54) is 20.0 Å². The second-order valence-electron chi connectivity index (χ2n) is 5.80. The third-order valence-corrected chi connectivity index (χ3v) is 4.82. The van der Waals surface area contributed by atoms with Crippen molar-refractivity contribution >= 4 is 5.97 Å². The van der Waals surface area contributed by atoms with E-state index in [1.54, 1.807) is 0 Å². The molecule has 104 valence electrons. The molecule has 0 bridgehead atoms. The first kappa shape index (κ1) is 13.8. The smallest absolute Gasteiger partial charge is 0.326 e. The maximum atomic E-state index is 12.1. The number of rotatable bonds is 6. The number of nitrogens with zero attached hydrogens (tertiary/aromatic N) is 1. The molecule has 4 heteroatoms. The highest BCUT2D eigenvalue weighted by Crippen LogP contribution is 2.39. The molecule has 0 aromatic heterocycles. The first-order chi connectivity index (χ1) is 8.64. The van der Waals surface area contributed by atoms with Gasteiger partial charge in [0.25, 0.3) is 0 Å². The van der Waals surface area contributed by atoms with Crippen LogP contribution in [-0.4, -0.2) is 50.2 Å². The molecule has 4 nitrogen and oxygen atoms in total. The van der Waals surface area contributed by atoms with Crippen molar-refractivity contribution < 1.29 is 9.53 Å². The van der Waals surface area contributed by atoms with Crippen molar-refractivity contribution in [2.24, 2.45) is 5.92 Å². The lowest BCUT2D eigenvalue weighted by Gasteiger charge is -2.33. The molecule has 2 unspecified atom stereocenters. The summed E-state index contributed by atoms with van der Waals surface area (Å²) in [5, 5.41) is 3.25. The first-order valence-electron chi connectivity index (χ1n) is 7.11. The fraction of sp³-hybridized carbons (Fsp3) is 0.929. The summed E-state index contributed by atoms with van der Waals surface area (Å²) in [5.74, 6) is 0.331. The van der Waals surface area contributed by atoms with Gasteiger partial charge in [-0.25, -0.2) is 0 Å². The van der Waals surface area contributed by atoms with Crippen LogP contribution >= 0.6 is 0 Å². The molecule has 0 radical (unpaired) electrons. The lowest BCUT2D eigenvalue weighted by molar-refractivity contribution is -0.150. The topological polar surface area (TPSA) is 41.6 Å². The molecule has 0 aliphatic heterocycles. The molecule has 2 aliphatic carbocycles. The molecule has 0 aromatic rings. The van der Waals surface area contributed by atoms with E-state index in [4.69, 9.17) is 4.74 Å². The molecule has 0 spiro atoms. The molecule has 18 heavy (non-hydrogen) atoms. The number of methoxy groups -OCH3 is 1. The number of nitrogens with one attached hydrogen (secondary N) is 1. The summed E-state index contributed by atoms with van der Waals surface area (Å²) in [6.45, 7) is 1.09. The molecule has 2 fully saturated rings. The molecule has 0 amide bonds. The predicted octanol–water partition coefficient (Wildman–Crippen LogP) is 1.40. The normalized spacial score (nSPS) is 31.9. The zero-order chi connectivity index (χ0) is 13.2. The molecule has 0 aromatic carbocycles. The number of esters is 1. The van der Waals surface area contributed by atoms with Crippen molar-refractivity contribution in [3.63, 3.8) is 0 Å². The van der Waals surface area contributed by atoms with E-state index in [0.717, 1.165) is 38.3 Å². The van der Waals surface area contributed by atoms with Crippen molar-refractivity contribution in [2.75, 3.05) is 27.7 Å². The molecule has 2 saturated carbocycles. The Labute approximate surface area is 110 Å². The van der Waals surface area contributed by atoms with Crippen LogP contribution in [0.3, 0.4) is 0 Å². The van der Waals surface area contributed by atoms with Crippen LogP contribution in [0.25, 0.3) is 0 Å². The molecule has 0 saturated heterocycles. The minimum atomic E-state index is -0.431. The van der Waals surface area contributed by atoms with Crippen LogP contribution in [0, 0.1) is 5.92 Å².